The fourth-order valence-corrected chi connectivity index (χ4v) is 3.87. The summed E-state index contributed by atoms with van der Waals surface area (Å²) in [5, 5.41) is 20.0. The molecular formula is C16H21NO3. The number of aliphatic hydroxyl groups excluding tert-OH is 2. The summed E-state index contributed by atoms with van der Waals surface area (Å²) in [5.41, 5.74) is 7.93. The third-order valence-electron chi connectivity index (χ3n) is 4.80. The van der Waals surface area contributed by atoms with Gasteiger partial charge in [-0.2, -0.15) is 0 Å². The number of hydrogen-bond acceptors (Lipinski definition) is 4. The van der Waals surface area contributed by atoms with Gasteiger partial charge in [0.25, 0.3) is 0 Å². The van der Waals surface area contributed by atoms with E-state index in [-0.39, 0.29) is 18.6 Å². The van der Waals surface area contributed by atoms with Gasteiger partial charge in [-0.3, -0.25) is 0 Å². The minimum atomic E-state index is -0.543. The first-order chi connectivity index (χ1) is 9.62. The van der Waals surface area contributed by atoms with E-state index in [1.165, 1.54) is 0 Å². The minimum absolute atomic E-state index is 0.0244. The number of nitrogens with two attached hydrogens (primary N) is 1. The molecule has 0 amide bonds. The maximum atomic E-state index is 10.1. The largest absolute Gasteiger partial charge is 0.496 e. The average Bonchev–Trinajstić information content (AvgIpc) is 2.47. The first-order valence-electron chi connectivity index (χ1n) is 7.02. The highest BCUT2D eigenvalue weighted by Gasteiger charge is 2.49. The molecule has 4 heteroatoms. The van der Waals surface area contributed by atoms with E-state index in [4.69, 9.17) is 10.5 Å². The normalized spacial score (nSPS) is 35.3. The van der Waals surface area contributed by atoms with E-state index in [9.17, 15) is 10.2 Å². The molecule has 0 aliphatic heterocycles. The van der Waals surface area contributed by atoms with Gasteiger partial charge in [-0.1, -0.05) is 24.3 Å². The monoisotopic (exact) mass is 275 g/mol. The Morgan fingerprint density at radius 1 is 1.45 bits per heavy atom. The topological polar surface area (TPSA) is 75.7 Å². The maximum Gasteiger partial charge on any atom is 0.123 e. The Bertz CT molecular complexity index is 543. The van der Waals surface area contributed by atoms with Gasteiger partial charge in [0.05, 0.1) is 19.8 Å². The zero-order chi connectivity index (χ0) is 14.3. The molecule has 20 heavy (non-hydrogen) atoms. The molecule has 4 nitrogen and oxygen atoms in total. The van der Waals surface area contributed by atoms with Crippen molar-refractivity contribution in [2.75, 3.05) is 13.7 Å². The van der Waals surface area contributed by atoms with Crippen LogP contribution in [-0.4, -0.2) is 36.1 Å². The Morgan fingerprint density at radius 2 is 2.25 bits per heavy atom. The van der Waals surface area contributed by atoms with Crippen LogP contribution < -0.4 is 10.5 Å². The SMILES string of the molecule is COc1cccc2c1[C@@]1(CO)C=CC(O)CC1C(N)C2. The molecular weight excluding hydrogens is 254 g/mol. The maximum absolute atomic E-state index is 10.1. The molecule has 1 aromatic rings. The van der Waals surface area contributed by atoms with Gasteiger partial charge in [0.1, 0.15) is 5.75 Å². The first-order valence-corrected chi connectivity index (χ1v) is 7.02. The summed E-state index contributed by atoms with van der Waals surface area (Å²) in [6.07, 6.45) is 4.53. The summed E-state index contributed by atoms with van der Waals surface area (Å²) in [6, 6.07) is 5.85. The first kappa shape index (κ1) is 13.6. The van der Waals surface area contributed by atoms with E-state index >= 15 is 0 Å². The predicted octanol–water partition coefficient (Wildman–Crippen LogP) is 0.746. The summed E-state index contributed by atoms with van der Waals surface area (Å²) in [4.78, 5) is 0. The van der Waals surface area contributed by atoms with Gasteiger partial charge in [0.2, 0.25) is 0 Å². The lowest BCUT2D eigenvalue weighted by molar-refractivity contribution is 0.0831. The van der Waals surface area contributed by atoms with Crippen molar-refractivity contribution in [3.05, 3.63) is 41.5 Å². The zero-order valence-electron chi connectivity index (χ0n) is 11.6. The summed E-state index contributed by atoms with van der Waals surface area (Å²) in [6.45, 7) is -0.0258. The fraction of sp³-hybridized carbons (Fsp3) is 0.500. The molecule has 0 saturated heterocycles. The van der Waals surface area contributed by atoms with Gasteiger partial charge in [0, 0.05) is 17.0 Å². The van der Waals surface area contributed by atoms with Crippen LogP contribution in [0.3, 0.4) is 0 Å². The fourth-order valence-electron chi connectivity index (χ4n) is 3.87. The van der Waals surface area contributed by atoms with Crippen LogP contribution in [0.4, 0.5) is 0 Å². The lowest BCUT2D eigenvalue weighted by Gasteiger charge is -2.48. The molecule has 0 heterocycles. The molecule has 0 bridgehead atoms. The standard InChI is InChI=1S/C16H21NO3/c1-20-14-4-2-3-10-7-13(17)12-8-11(19)5-6-16(12,9-18)15(10)14/h2-6,11-13,18-19H,7-9,17H2,1H3/t11?,12?,13?,16-/m1/s1. The highest BCUT2D eigenvalue weighted by molar-refractivity contribution is 5.52. The quantitative estimate of drug-likeness (QED) is 0.696. The lowest BCUT2D eigenvalue weighted by Crippen LogP contribution is -2.54. The van der Waals surface area contributed by atoms with Crippen LogP contribution in [0.1, 0.15) is 17.5 Å². The third kappa shape index (κ3) is 1.79. The summed E-state index contributed by atoms with van der Waals surface area (Å²) in [7, 11) is 1.64. The molecule has 1 aromatic carbocycles. The number of methoxy groups -OCH3 is 1. The molecule has 0 fully saturated rings. The number of ether oxygens (including phenoxy) is 1. The molecule has 108 valence electrons. The van der Waals surface area contributed by atoms with E-state index in [1.54, 1.807) is 13.2 Å². The van der Waals surface area contributed by atoms with Gasteiger partial charge < -0.3 is 20.7 Å². The second-order valence-electron chi connectivity index (χ2n) is 5.83. The molecule has 3 unspecified atom stereocenters. The van der Waals surface area contributed by atoms with Crippen LogP contribution in [-0.2, 0) is 11.8 Å². The van der Waals surface area contributed by atoms with Gasteiger partial charge in [-0.25, -0.2) is 0 Å². The molecule has 3 rings (SSSR count). The zero-order valence-corrected chi connectivity index (χ0v) is 11.6. The molecule has 2 aliphatic carbocycles. The van der Waals surface area contributed by atoms with E-state index < -0.39 is 11.5 Å². The van der Waals surface area contributed by atoms with E-state index in [1.807, 2.05) is 24.3 Å². The highest BCUT2D eigenvalue weighted by atomic mass is 16.5. The van der Waals surface area contributed by atoms with Crippen molar-refractivity contribution in [2.24, 2.45) is 11.7 Å². The molecule has 4 atom stereocenters. The number of aliphatic hydroxyl groups is 2. The highest BCUT2D eigenvalue weighted by Crippen LogP contribution is 2.49. The van der Waals surface area contributed by atoms with Crippen molar-refractivity contribution in [1.29, 1.82) is 0 Å². The van der Waals surface area contributed by atoms with Crippen molar-refractivity contribution in [3.8, 4) is 5.75 Å². The lowest BCUT2D eigenvalue weighted by atomic mass is 9.58. The Balaban J connectivity index is 2.24. The molecule has 2 aliphatic rings. The van der Waals surface area contributed by atoms with Crippen molar-refractivity contribution >= 4 is 0 Å². The Hall–Kier alpha value is -1.36. The Kier molecular flexibility index (Phi) is 3.32. The number of fused-ring (bicyclic) bond motifs is 3. The molecule has 0 saturated carbocycles. The summed E-state index contributed by atoms with van der Waals surface area (Å²) in [5.74, 6) is 0.811. The second kappa shape index (κ2) is 4.88. The predicted molar refractivity (Wildman–Crippen MR) is 76.7 cm³/mol. The van der Waals surface area contributed by atoms with Crippen molar-refractivity contribution in [3.63, 3.8) is 0 Å². The van der Waals surface area contributed by atoms with E-state index in [2.05, 4.69) is 0 Å². The average molecular weight is 275 g/mol. The summed E-state index contributed by atoms with van der Waals surface area (Å²) < 4.78 is 5.50. The van der Waals surface area contributed by atoms with Crippen LogP contribution in [0.5, 0.6) is 5.75 Å². The van der Waals surface area contributed by atoms with Crippen LogP contribution in [0.2, 0.25) is 0 Å². The molecule has 0 aromatic heterocycles. The Morgan fingerprint density at radius 3 is 2.95 bits per heavy atom. The molecule has 4 N–H and O–H groups in total. The van der Waals surface area contributed by atoms with Crippen molar-refractivity contribution in [2.45, 2.75) is 30.4 Å². The van der Waals surface area contributed by atoms with E-state index in [0.29, 0.717) is 6.42 Å². The van der Waals surface area contributed by atoms with Gasteiger partial charge in [-0.15, -0.1) is 0 Å². The van der Waals surface area contributed by atoms with Crippen molar-refractivity contribution < 1.29 is 14.9 Å². The Labute approximate surface area is 118 Å². The number of hydrogen-bond donors (Lipinski definition) is 3. The molecule has 0 spiro atoms. The van der Waals surface area contributed by atoms with E-state index in [0.717, 1.165) is 23.3 Å². The van der Waals surface area contributed by atoms with Crippen LogP contribution >= 0.6 is 0 Å². The smallest absolute Gasteiger partial charge is 0.123 e. The summed E-state index contributed by atoms with van der Waals surface area (Å²) >= 11 is 0. The van der Waals surface area contributed by atoms with Crippen LogP contribution in [0.25, 0.3) is 0 Å². The third-order valence-corrected chi connectivity index (χ3v) is 4.80. The van der Waals surface area contributed by atoms with Gasteiger partial charge in [0.15, 0.2) is 0 Å². The van der Waals surface area contributed by atoms with Crippen molar-refractivity contribution in [1.82, 2.24) is 0 Å². The number of rotatable bonds is 2. The molecule has 0 radical (unpaired) electrons. The van der Waals surface area contributed by atoms with Crippen LogP contribution in [0.15, 0.2) is 30.4 Å². The van der Waals surface area contributed by atoms with Crippen LogP contribution in [0, 0.1) is 5.92 Å². The second-order valence-corrected chi connectivity index (χ2v) is 5.83. The van der Waals surface area contributed by atoms with Gasteiger partial charge >= 0.3 is 0 Å². The van der Waals surface area contributed by atoms with Gasteiger partial charge in [-0.05, 0) is 30.4 Å². The number of benzene rings is 1. The minimum Gasteiger partial charge on any atom is -0.496 e.